The van der Waals surface area contributed by atoms with Gasteiger partial charge in [0.1, 0.15) is 11.4 Å². The zero-order valence-electron chi connectivity index (χ0n) is 43.5. The highest BCUT2D eigenvalue weighted by Crippen LogP contribution is 2.31. The van der Waals surface area contributed by atoms with Gasteiger partial charge in [0.15, 0.2) is 0 Å². The van der Waals surface area contributed by atoms with E-state index in [-0.39, 0.29) is 56.2 Å². The Morgan fingerprint density at radius 3 is 1.13 bits per heavy atom. The van der Waals surface area contributed by atoms with E-state index in [1.807, 2.05) is 0 Å². The number of hydrogen-bond donors (Lipinski definition) is 4. The van der Waals surface area contributed by atoms with Crippen molar-refractivity contribution in [3.05, 3.63) is 164 Å². The van der Waals surface area contributed by atoms with Gasteiger partial charge < -0.3 is 29.6 Å². The van der Waals surface area contributed by atoms with Crippen LogP contribution in [-0.2, 0) is 38.1 Å². The molecule has 18 heteroatoms. The Hall–Kier alpha value is -9.32. The molecule has 0 fully saturated rings. The number of amides is 2. The summed E-state index contributed by atoms with van der Waals surface area (Å²) in [5, 5.41) is 14.5. The number of carbonyl (C=O) groups excluding carboxylic acids is 8. The molecule has 0 saturated carbocycles. The highest BCUT2D eigenvalue weighted by atomic mass is 16.6. The number of anilines is 4. The van der Waals surface area contributed by atoms with Gasteiger partial charge in [-0.25, -0.2) is 19.2 Å². The number of hydrogen-bond acceptors (Lipinski definition) is 16. The van der Waals surface area contributed by atoms with Gasteiger partial charge in [-0.1, -0.05) is 48.5 Å². The van der Waals surface area contributed by atoms with E-state index in [2.05, 4.69) is 31.7 Å². The summed E-state index contributed by atoms with van der Waals surface area (Å²) in [7, 11) is 0. The molecular formula is C58H56N6O12. The molecule has 0 aromatic heterocycles. The number of ether oxygens (including phenoxy) is 4. The highest BCUT2D eigenvalue weighted by Gasteiger charge is 2.33. The van der Waals surface area contributed by atoms with Crippen LogP contribution in [-0.4, -0.2) is 83.1 Å². The van der Waals surface area contributed by atoms with Crippen LogP contribution in [0.4, 0.5) is 22.7 Å². The molecule has 18 nitrogen and oxygen atoms in total. The number of benzene rings is 5. The van der Waals surface area contributed by atoms with Crippen LogP contribution in [0.1, 0.15) is 130 Å². The molecular weight excluding hydrogens is 973 g/mol. The Balaban J connectivity index is 1.12. The van der Waals surface area contributed by atoms with E-state index >= 15 is 0 Å². The Morgan fingerprint density at radius 2 is 0.776 bits per heavy atom. The molecule has 76 heavy (non-hydrogen) atoms. The molecule has 0 aliphatic heterocycles. The van der Waals surface area contributed by atoms with Crippen molar-refractivity contribution >= 4 is 93.6 Å². The third-order valence-corrected chi connectivity index (χ3v) is 11.4. The molecule has 2 aliphatic rings. The van der Waals surface area contributed by atoms with E-state index in [1.165, 1.54) is 48.6 Å². The number of Topliss-reactive ketones (excluding diaryl/α,β-unsaturated/α-hetero) is 2. The van der Waals surface area contributed by atoms with Crippen LogP contribution in [0.5, 0.6) is 0 Å². The van der Waals surface area contributed by atoms with E-state index in [4.69, 9.17) is 18.9 Å². The van der Waals surface area contributed by atoms with Gasteiger partial charge >= 0.3 is 23.9 Å². The molecule has 5 aromatic carbocycles. The first-order chi connectivity index (χ1) is 36.1. The number of carbonyl (C=O) groups is 8. The lowest BCUT2D eigenvalue weighted by molar-refractivity contribution is -0.118. The summed E-state index contributed by atoms with van der Waals surface area (Å²) in [5.41, 5.74) is 8.46. The summed E-state index contributed by atoms with van der Waals surface area (Å²) < 4.78 is 21.5. The predicted octanol–water partition coefficient (Wildman–Crippen LogP) is 9.41. The van der Waals surface area contributed by atoms with Crippen molar-refractivity contribution in [2.45, 2.75) is 93.7 Å². The summed E-state index contributed by atoms with van der Waals surface area (Å²) in [5.74, 6) is -5.75. The van der Waals surface area contributed by atoms with E-state index < -0.39 is 71.7 Å². The van der Waals surface area contributed by atoms with Gasteiger partial charge in [-0.2, -0.15) is 10.2 Å². The first-order valence-corrected chi connectivity index (χ1v) is 24.3. The summed E-state index contributed by atoms with van der Waals surface area (Å²) in [4.78, 5) is 109. The molecule has 0 atom stereocenters. The minimum Gasteiger partial charge on any atom is -0.459 e. The average molecular weight is 1030 g/mol. The van der Waals surface area contributed by atoms with Crippen molar-refractivity contribution in [2.75, 3.05) is 21.5 Å². The molecule has 0 saturated heterocycles. The van der Waals surface area contributed by atoms with Gasteiger partial charge in [0.25, 0.3) is 11.8 Å². The maximum absolute atomic E-state index is 14.3. The van der Waals surface area contributed by atoms with E-state index in [0.29, 0.717) is 44.8 Å². The largest absolute Gasteiger partial charge is 0.459 e. The molecule has 0 bridgehead atoms. The van der Waals surface area contributed by atoms with Gasteiger partial charge in [0.05, 0.1) is 69.2 Å². The number of hydrazone groups is 2. The number of aryl methyl sites for hydroxylation is 2. The Labute approximate surface area is 438 Å². The van der Waals surface area contributed by atoms with Gasteiger partial charge in [-0.15, -0.1) is 0 Å². The molecule has 7 rings (SSSR count). The first-order valence-electron chi connectivity index (χ1n) is 24.3. The molecule has 0 spiro atoms. The standard InChI is InChI=1S/C58H56N6O12/c1-29(2)73-55(69)37-19-21-41(57(71)75-31(5)6)47(27-37)61-63-49-39-17-13-11-15-35(39)25-43(51(49)65)53(67)59-45-23-34(10)46(24-33(45)9)60-54(68)44-26-36-16-12-14-18-40(36)50(52(44)66)64-62-48-28-38(56(70)74-30(3)4)20-22-42(48)58(72)76-32(7)8/h11-32,61-62H,1-10H3,(H,59,67)(H,60,68). The fourth-order valence-corrected chi connectivity index (χ4v) is 7.88. The van der Waals surface area contributed by atoms with Crippen LogP contribution in [0, 0.1) is 13.8 Å². The Morgan fingerprint density at radius 1 is 0.434 bits per heavy atom. The molecule has 4 N–H and O–H groups in total. The van der Waals surface area contributed by atoms with E-state index in [0.717, 1.165) is 0 Å². The molecule has 390 valence electrons. The van der Waals surface area contributed by atoms with Crippen LogP contribution in [0.15, 0.2) is 118 Å². The zero-order chi connectivity index (χ0) is 55.1. The number of rotatable bonds is 16. The zero-order valence-corrected chi connectivity index (χ0v) is 43.5. The topological polar surface area (TPSA) is 246 Å². The van der Waals surface area contributed by atoms with Crippen LogP contribution in [0.3, 0.4) is 0 Å². The number of fused-ring (bicyclic) bond motifs is 2. The van der Waals surface area contributed by atoms with Crippen molar-refractivity contribution in [2.24, 2.45) is 10.2 Å². The number of nitrogens with zero attached hydrogens (tertiary/aromatic N) is 2. The molecule has 2 amide bonds. The molecule has 0 radical (unpaired) electrons. The summed E-state index contributed by atoms with van der Waals surface area (Å²) in [6, 6.07) is 25.1. The van der Waals surface area contributed by atoms with E-state index in [9.17, 15) is 38.4 Å². The Kier molecular flexibility index (Phi) is 16.7. The second kappa shape index (κ2) is 23.3. The van der Waals surface area contributed by atoms with Crippen LogP contribution < -0.4 is 21.5 Å². The van der Waals surface area contributed by atoms with Gasteiger partial charge in [0, 0.05) is 22.5 Å². The third-order valence-electron chi connectivity index (χ3n) is 11.4. The second-order valence-electron chi connectivity index (χ2n) is 18.8. The minimum absolute atomic E-state index is 0.0291. The maximum Gasteiger partial charge on any atom is 0.340 e. The van der Waals surface area contributed by atoms with Crippen molar-refractivity contribution in [1.82, 2.24) is 0 Å². The lowest BCUT2D eigenvalue weighted by Crippen LogP contribution is -2.31. The number of ketones is 2. The molecule has 0 heterocycles. The molecule has 0 unspecified atom stereocenters. The fraction of sp³-hybridized carbons (Fsp3) is 0.241. The highest BCUT2D eigenvalue weighted by molar-refractivity contribution is 6.60. The average Bonchev–Trinajstić information content (AvgIpc) is 3.36. The predicted molar refractivity (Wildman–Crippen MR) is 287 cm³/mol. The van der Waals surface area contributed by atoms with Crippen LogP contribution in [0.2, 0.25) is 0 Å². The number of esters is 4. The molecule has 5 aromatic rings. The van der Waals surface area contributed by atoms with Gasteiger partial charge in [-0.05, 0) is 152 Å². The van der Waals surface area contributed by atoms with Crippen molar-refractivity contribution in [3.8, 4) is 0 Å². The SMILES string of the molecule is Cc1cc(NC(=O)C2=Cc3ccccc3C(=NNc3cc(C(=O)OC(C)C)ccc3C(=O)OC(C)C)C2=O)c(C)cc1NC(=O)C1=Cc2ccccc2C(=NNc2cc(C(=O)OC(C)C)ccc2C(=O)OC(C)C)C1=O. The lowest BCUT2D eigenvalue weighted by atomic mass is 9.89. The summed E-state index contributed by atoms with van der Waals surface area (Å²) >= 11 is 0. The van der Waals surface area contributed by atoms with Crippen LogP contribution >= 0.6 is 0 Å². The monoisotopic (exact) mass is 1030 g/mol. The second-order valence-corrected chi connectivity index (χ2v) is 18.8. The van der Waals surface area contributed by atoms with Crippen molar-refractivity contribution < 1.29 is 57.3 Å². The van der Waals surface area contributed by atoms with Crippen LogP contribution in [0.25, 0.3) is 12.2 Å². The summed E-state index contributed by atoms with van der Waals surface area (Å²) in [6.07, 6.45) is 1.10. The van der Waals surface area contributed by atoms with Gasteiger partial charge in [0.2, 0.25) is 11.6 Å². The smallest absolute Gasteiger partial charge is 0.340 e. The van der Waals surface area contributed by atoms with Crippen molar-refractivity contribution in [3.63, 3.8) is 0 Å². The van der Waals surface area contributed by atoms with Crippen molar-refractivity contribution in [1.29, 1.82) is 0 Å². The van der Waals surface area contributed by atoms with Gasteiger partial charge in [-0.3, -0.25) is 30.0 Å². The molecule has 2 aliphatic carbocycles. The summed E-state index contributed by atoms with van der Waals surface area (Å²) in [6.45, 7) is 16.9. The Bertz CT molecular complexity index is 3140. The minimum atomic E-state index is -0.769. The fourth-order valence-electron chi connectivity index (χ4n) is 7.88. The number of nitrogens with one attached hydrogen (secondary N) is 4. The maximum atomic E-state index is 14.3. The quantitative estimate of drug-likeness (QED) is 0.0311. The lowest BCUT2D eigenvalue weighted by Gasteiger charge is -2.20. The normalized spacial score (nSPS) is 13.9. The first kappa shape index (κ1) is 54.5. The van der Waals surface area contributed by atoms with E-state index in [1.54, 1.807) is 130 Å². The third kappa shape index (κ3) is 12.5.